The van der Waals surface area contributed by atoms with Crippen LogP contribution < -0.4 is 5.32 Å². The number of para-hydroxylation sites is 2. The Balaban J connectivity index is 1.68. The molecule has 0 saturated heterocycles. The highest BCUT2D eigenvalue weighted by atomic mass is 35.5. The van der Waals surface area contributed by atoms with Crippen molar-refractivity contribution in [1.82, 2.24) is 9.55 Å². The molecule has 1 aliphatic heterocycles. The third kappa shape index (κ3) is 2.77. The van der Waals surface area contributed by atoms with Crippen LogP contribution in [0, 0.1) is 5.82 Å². The Hall–Kier alpha value is -2.85. The zero-order valence-electron chi connectivity index (χ0n) is 14.4. The van der Waals surface area contributed by atoms with Crippen molar-refractivity contribution in [2.24, 2.45) is 0 Å². The topological polar surface area (TPSA) is 29.9 Å². The van der Waals surface area contributed by atoms with Crippen molar-refractivity contribution in [2.45, 2.75) is 18.5 Å². The number of nitrogens with zero attached hydrogens (tertiary/aromatic N) is 2. The van der Waals surface area contributed by atoms with E-state index in [-0.39, 0.29) is 17.9 Å². The number of imidazole rings is 1. The first kappa shape index (κ1) is 16.3. The smallest absolute Gasteiger partial charge is 0.204 e. The van der Waals surface area contributed by atoms with Gasteiger partial charge in [0.25, 0.3) is 0 Å². The third-order valence-electron chi connectivity index (χ3n) is 5.21. The Bertz CT molecular complexity index is 1120. The first-order chi connectivity index (χ1) is 13.2. The van der Waals surface area contributed by atoms with E-state index in [2.05, 4.69) is 9.88 Å². The third-order valence-corrected chi connectivity index (χ3v) is 5.46. The highest BCUT2D eigenvalue weighted by Gasteiger charge is 2.32. The Morgan fingerprint density at radius 3 is 2.52 bits per heavy atom. The molecule has 0 bridgehead atoms. The maximum absolute atomic E-state index is 14.7. The average Bonchev–Trinajstić information content (AvgIpc) is 3.07. The molecule has 0 unspecified atom stereocenters. The van der Waals surface area contributed by atoms with Crippen LogP contribution in [-0.4, -0.2) is 9.55 Å². The highest BCUT2D eigenvalue weighted by molar-refractivity contribution is 6.30. The van der Waals surface area contributed by atoms with E-state index in [4.69, 9.17) is 16.6 Å². The second-order valence-electron chi connectivity index (χ2n) is 6.82. The molecule has 134 valence electrons. The lowest BCUT2D eigenvalue weighted by Crippen LogP contribution is -2.27. The van der Waals surface area contributed by atoms with E-state index in [0.29, 0.717) is 10.6 Å². The number of halogens is 2. The lowest BCUT2D eigenvalue weighted by molar-refractivity contribution is 0.457. The summed E-state index contributed by atoms with van der Waals surface area (Å²) in [5.74, 6) is 0.568. The van der Waals surface area contributed by atoms with E-state index in [9.17, 15) is 4.39 Å². The molecule has 0 spiro atoms. The number of anilines is 1. The van der Waals surface area contributed by atoms with Crippen LogP contribution in [0.15, 0.2) is 72.8 Å². The van der Waals surface area contributed by atoms with Crippen LogP contribution in [-0.2, 0) is 0 Å². The number of fused-ring (bicyclic) bond motifs is 3. The molecule has 0 saturated carbocycles. The monoisotopic (exact) mass is 377 g/mol. The standard InChI is InChI=1S/C22H17ClFN3/c23-15-11-9-14(10-12-15)19-13-21(16-5-1-2-6-17(16)24)27-20-8-4-3-7-18(20)25-22(27)26-19/h1-12,19,21H,13H2,(H,25,26)/t19-,21-/m1/s1. The fourth-order valence-corrected chi connectivity index (χ4v) is 4.06. The molecule has 3 aromatic carbocycles. The Morgan fingerprint density at radius 1 is 0.963 bits per heavy atom. The summed E-state index contributed by atoms with van der Waals surface area (Å²) in [4.78, 5) is 4.76. The van der Waals surface area contributed by atoms with Crippen molar-refractivity contribution in [3.05, 3.63) is 94.8 Å². The molecule has 0 radical (unpaired) electrons. The molecule has 0 fully saturated rings. The summed E-state index contributed by atoms with van der Waals surface area (Å²) >= 11 is 6.04. The second kappa shape index (κ2) is 6.39. The van der Waals surface area contributed by atoms with Crippen molar-refractivity contribution >= 4 is 28.6 Å². The minimum Gasteiger partial charge on any atom is -0.349 e. The van der Waals surface area contributed by atoms with Crippen molar-refractivity contribution < 1.29 is 4.39 Å². The molecule has 2 atom stereocenters. The van der Waals surface area contributed by atoms with Crippen molar-refractivity contribution in [1.29, 1.82) is 0 Å². The predicted octanol–water partition coefficient (Wildman–Crippen LogP) is 5.98. The van der Waals surface area contributed by atoms with Crippen LogP contribution in [0.2, 0.25) is 5.02 Å². The molecule has 1 aromatic heterocycles. The van der Waals surface area contributed by atoms with Crippen LogP contribution >= 0.6 is 11.6 Å². The lowest BCUT2D eigenvalue weighted by atomic mass is 9.92. The van der Waals surface area contributed by atoms with Gasteiger partial charge in [0.05, 0.1) is 23.1 Å². The van der Waals surface area contributed by atoms with Gasteiger partial charge in [0, 0.05) is 10.6 Å². The summed E-state index contributed by atoms with van der Waals surface area (Å²) < 4.78 is 16.8. The van der Waals surface area contributed by atoms with Crippen LogP contribution in [0.25, 0.3) is 11.0 Å². The number of aromatic nitrogens is 2. The van der Waals surface area contributed by atoms with E-state index in [1.165, 1.54) is 6.07 Å². The van der Waals surface area contributed by atoms with E-state index >= 15 is 0 Å². The average molecular weight is 378 g/mol. The van der Waals surface area contributed by atoms with Gasteiger partial charge in [0.2, 0.25) is 5.95 Å². The Morgan fingerprint density at radius 2 is 1.70 bits per heavy atom. The molecule has 2 heterocycles. The number of hydrogen-bond donors (Lipinski definition) is 1. The summed E-state index contributed by atoms with van der Waals surface area (Å²) in [6, 6.07) is 22.6. The van der Waals surface area contributed by atoms with E-state index < -0.39 is 0 Å². The zero-order valence-corrected chi connectivity index (χ0v) is 15.2. The molecule has 4 aromatic rings. The number of hydrogen-bond acceptors (Lipinski definition) is 2. The largest absolute Gasteiger partial charge is 0.349 e. The minimum absolute atomic E-state index is 0.0242. The summed E-state index contributed by atoms with van der Waals surface area (Å²) in [6.07, 6.45) is 0.718. The van der Waals surface area contributed by atoms with Gasteiger partial charge >= 0.3 is 0 Å². The fraction of sp³-hybridized carbons (Fsp3) is 0.136. The molecule has 1 N–H and O–H groups in total. The Labute approximate surface area is 161 Å². The summed E-state index contributed by atoms with van der Waals surface area (Å²) in [6.45, 7) is 0. The van der Waals surface area contributed by atoms with Crippen LogP contribution in [0.5, 0.6) is 0 Å². The summed E-state index contributed by atoms with van der Waals surface area (Å²) in [7, 11) is 0. The first-order valence-electron chi connectivity index (χ1n) is 8.94. The van der Waals surface area contributed by atoms with Crippen molar-refractivity contribution in [3.63, 3.8) is 0 Å². The second-order valence-corrected chi connectivity index (χ2v) is 7.25. The van der Waals surface area contributed by atoms with Gasteiger partial charge in [-0.05, 0) is 42.3 Å². The van der Waals surface area contributed by atoms with E-state index in [1.807, 2.05) is 60.7 Å². The SMILES string of the molecule is Fc1ccccc1[C@H]1C[C@H](c2ccc(Cl)cc2)Nc2nc3ccccc3n21. The fourth-order valence-electron chi connectivity index (χ4n) is 3.93. The lowest BCUT2D eigenvalue weighted by Gasteiger charge is -2.33. The molecule has 5 heteroatoms. The molecular weight excluding hydrogens is 361 g/mol. The van der Waals surface area contributed by atoms with Crippen LogP contribution in [0.1, 0.15) is 29.6 Å². The predicted molar refractivity (Wildman–Crippen MR) is 107 cm³/mol. The normalized spacial score (nSPS) is 18.9. The van der Waals surface area contributed by atoms with E-state index in [0.717, 1.165) is 29.0 Å². The van der Waals surface area contributed by atoms with Gasteiger partial charge in [-0.25, -0.2) is 9.37 Å². The van der Waals surface area contributed by atoms with Crippen LogP contribution in [0.3, 0.4) is 0 Å². The molecule has 1 aliphatic rings. The molecule has 3 nitrogen and oxygen atoms in total. The van der Waals surface area contributed by atoms with Gasteiger partial charge in [-0.15, -0.1) is 0 Å². The molecule has 0 aliphatic carbocycles. The van der Waals surface area contributed by atoms with Crippen LogP contribution in [0.4, 0.5) is 10.3 Å². The van der Waals surface area contributed by atoms with Gasteiger partial charge in [-0.1, -0.05) is 54.1 Å². The van der Waals surface area contributed by atoms with E-state index in [1.54, 1.807) is 6.07 Å². The number of rotatable bonds is 2. The molecule has 0 amide bonds. The number of benzene rings is 3. The quantitative estimate of drug-likeness (QED) is 0.466. The first-order valence-corrected chi connectivity index (χ1v) is 9.32. The van der Waals surface area contributed by atoms with Gasteiger partial charge in [0.15, 0.2) is 0 Å². The van der Waals surface area contributed by atoms with Crippen molar-refractivity contribution in [2.75, 3.05) is 5.32 Å². The zero-order chi connectivity index (χ0) is 18.4. The summed E-state index contributed by atoms with van der Waals surface area (Å²) in [5.41, 5.74) is 3.70. The maximum atomic E-state index is 14.7. The minimum atomic E-state index is -0.192. The summed E-state index contributed by atoms with van der Waals surface area (Å²) in [5, 5.41) is 4.23. The maximum Gasteiger partial charge on any atom is 0.204 e. The Kier molecular flexibility index (Phi) is 3.87. The van der Waals surface area contributed by atoms with Gasteiger partial charge in [0.1, 0.15) is 5.82 Å². The number of nitrogens with one attached hydrogen (secondary N) is 1. The highest BCUT2D eigenvalue weighted by Crippen LogP contribution is 2.41. The van der Waals surface area contributed by atoms with Crippen molar-refractivity contribution in [3.8, 4) is 0 Å². The van der Waals surface area contributed by atoms with Gasteiger partial charge in [-0.3, -0.25) is 0 Å². The molecular formula is C22H17ClFN3. The molecule has 5 rings (SSSR count). The molecule has 27 heavy (non-hydrogen) atoms. The van der Waals surface area contributed by atoms with Gasteiger partial charge < -0.3 is 9.88 Å². The van der Waals surface area contributed by atoms with Gasteiger partial charge in [-0.2, -0.15) is 0 Å².